The highest BCUT2D eigenvalue weighted by Gasteiger charge is 2.13. The molecule has 100 valence electrons. The first-order valence-corrected chi connectivity index (χ1v) is 6.31. The summed E-state index contributed by atoms with van der Waals surface area (Å²) in [6.45, 7) is 5.97. The van der Waals surface area contributed by atoms with E-state index in [0.717, 1.165) is 22.4 Å². The van der Waals surface area contributed by atoms with E-state index in [1.54, 1.807) is 7.11 Å². The fourth-order valence-electron chi connectivity index (χ4n) is 2.22. The Morgan fingerprint density at radius 3 is 2.63 bits per heavy atom. The SMILES string of the molecule is CCc1nc(-c2c(C)cc(C)cc2OC)cc(=O)[nH]1. The van der Waals surface area contributed by atoms with Crippen LogP contribution in [0.1, 0.15) is 23.9 Å². The van der Waals surface area contributed by atoms with Crippen molar-refractivity contribution in [1.29, 1.82) is 0 Å². The van der Waals surface area contributed by atoms with Crippen molar-refractivity contribution in [3.63, 3.8) is 0 Å². The molecule has 1 N–H and O–H groups in total. The number of hydrogen-bond donors (Lipinski definition) is 1. The third-order valence-electron chi connectivity index (χ3n) is 3.05. The second kappa shape index (κ2) is 5.26. The molecule has 2 aromatic rings. The number of H-pyrrole nitrogens is 1. The van der Waals surface area contributed by atoms with Gasteiger partial charge in [-0.15, -0.1) is 0 Å². The Balaban J connectivity index is 2.71. The van der Waals surface area contributed by atoms with Crippen LogP contribution in [-0.2, 0) is 6.42 Å². The molecule has 0 atom stereocenters. The van der Waals surface area contributed by atoms with Gasteiger partial charge in [0.05, 0.1) is 12.8 Å². The quantitative estimate of drug-likeness (QED) is 0.920. The van der Waals surface area contributed by atoms with E-state index in [-0.39, 0.29) is 5.56 Å². The lowest BCUT2D eigenvalue weighted by atomic mass is 10.0. The lowest BCUT2D eigenvalue weighted by molar-refractivity contribution is 0.415. The summed E-state index contributed by atoms with van der Waals surface area (Å²) in [5.74, 6) is 1.43. The van der Waals surface area contributed by atoms with Crippen molar-refractivity contribution < 1.29 is 4.74 Å². The van der Waals surface area contributed by atoms with Gasteiger partial charge in [0.15, 0.2) is 0 Å². The highest BCUT2D eigenvalue weighted by molar-refractivity contribution is 5.71. The molecule has 4 nitrogen and oxygen atoms in total. The molecule has 0 amide bonds. The zero-order chi connectivity index (χ0) is 14.0. The maximum atomic E-state index is 11.7. The number of rotatable bonds is 3. The average Bonchev–Trinajstić information content (AvgIpc) is 2.36. The van der Waals surface area contributed by atoms with E-state index in [1.807, 2.05) is 26.8 Å². The number of nitrogens with one attached hydrogen (secondary N) is 1. The molecule has 0 fully saturated rings. The molecule has 19 heavy (non-hydrogen) atoms. The molecule has 0 aliphatic heterocycles. The maximum absolute atomic E-state index is 11.7. The predicted octanol–water partition coefficient (Wildman–Crippen LogP) is 2.62. The van der Waals surface area contributed by atoms with Gasteiger partial charge in [-0.3, -0.25) is 4.79 Å². The summed E-state index contributed by atoms with van der Waals surface area (Å²) in [4.78, 5) is 18.9. The number of hydrogen-bond acceptors (Lipinski definition) is 3. The van der Waals surface area contributed by atoms with E-state index in [4.69, 9.17) is 4.74 Å². The summed E-state index contributed by atoms with van der Waals surface area (Å²) in [6.07, 6.45) is 0.691. The molecule has 4 heteroatoms. The standard InChI is InChI=1S/C15H18N2O2/c1-5-13-16-11(8-14(18)17-13)15-10(3)6-9(2)7-12(15)19-4/h6-8H,5H2,1-4H3,(H,16,17,18). The number of aryl methyl sites for hydroxylation is 3. The van der Waals surface area contributed by atoms with Crippen LogP contribution in [0.4, 0.5) is 0 Å². The van der Waals surface area contributed by atoms with E-state index in [0.29, 0.717) is 17.9 Å². The van der Waals surface area contributed by atoms with E-state index in [1.165, 1.54) is 6.07 Å². The third-order valence-corrected chi connectivity index (χ3v) is 3.05. The van der Waals surface area contributed by atoms with E-state index in [9.17, 15) is 4.79 Å². The zero-order valence-corrected chi connectivity index (χ0v) is 11.7. The molecule has 1 aromatic heterocycles. The molecular formula is C15H18N2O2. The van der Waals surface area contributed by atoms with Crippen LogP contribution in [0.3, 0.4) is 0 Å². The number of methoxy groups -OCH3 is 1. The van der Waals surface area contributed by atoms with Crippen molar-refractivity contribution in [3.05, 3.63) is 45.5 Å². The molecule has 0 spiro atoms. The van der Waals surface area contributed by atoms with Crippen molar-refractivity contribution in [2.75, 3.05) is 7.11 Å². The first kappa shape index (κ1) is 13.3. The van der Waals surface area contributed by atoms with Crippen LogP contribution in [0.5, 0.6) is 5.75 Å². The molecule has 0 saturated carbocycles. The molecule has 0 aliphatic carbocycles. The number of benzene rings is 1. The van der Waals surface area contributed by atoms with Gasteiger partial charge >= 0.3 is 0 Å². The highest BCUT2D eigenvalue weighted by Crippen LogP contribution is 2.32. The smallest absolute Gasteiger partial charge is 0.251 e. The summed E-state index contributed by atoms with van der Waals surface area (Å²) in [5, 5.41) is 0. The normalized spacial score (nSPS) is 10.5. The molecule has 0 bridgehead atoms. The highest BCUT2D eigenvalue weighted by atomic mass is 16.5. The lowest BCUT2D eigenvalue weighted by Crippen LogP contribution is -2.11. The Kier molecular flexibility index (Phi) is 3.69. The largest absolute Gasteiger partial charge is 0.496 e. The van der Waals surface area contributed by atoms with Crippen LogP contribution in [0.25, 0.3) is 11.3 Å². The third kappa shape index (κ3) is 2.67. The van der Waals surface area contributed by atoms with Gasteiger partial charge in [-0.25, -0.2) is 4.98 Å². The number of aromatic amines is 1. The zero-order valence-electron chi connectivity index (χ0n) is 11.7. The summed E-state index contributed by atoms with van der Waals surface area (Å²) < 4.78 is 5.42. The molecule has 0 aliphatic rings. The Morgan fingerprint density at radius 2 is 2.00 bits per heavy atom. The van der Waals surface area contributed by atoms with Crippen LogP contribution < -0.4 is 10.3 Å². The second-order valence-electron chi connectivity index (χ2n) is 4.59. The number of ether oxygens (including phenoxy) is 1. The molecule has 2 rings (SSSR count). The van der Waals surface area contributed by atoms with Crippen LogP contribution in [0.15, 0.2) is 23.0 Å². The van der Waals surface area contributed by atoms with Gasteiger partial charge in [-0.05, 0) is 31.0 Å². The fourth-order valence-corrected chi connectivity index (χ4v) is 2.22. The molecule has 1 heterocycles. The number of nitrogens with zero attached hydrogens (tertiary/aromatic N) is 1. The van der Waals surface area contributed by atoms with E-state index < -0.39 is 0 Å². The van der Waals surface area contributed by atoms with Crippen molar-refractivity contribution in [2.24, 2.45) is 0 Å². The average molecular weight is 258 g/mol. The van der Waals surface area contributed by atoms with Gasteiger partial charge in [0.2, 0.25) is 0 Å². The summed E-state index contributed by atoms with van der Waals surface area (Å²) >= 11 is 0. The molecule has 0 unspecified atom stereocenters. The second-order valence-corrected chi connectivity index (χ2v) is 4.59. The minimum atomic E-state index is -0.135. The Hall–Kier alpha value is -2.10. The first-order chi connectivity index (χ1) is 9.05. The number of aromatic nitrogens is 2. The fraction of sp³-hybridized carbons (Fsp3) is 0.333. The molecular weight excluding hydrogens is 240 g/mol. The van der Waals surface area contributed by atoms with Gasteiger partial charge in [0.1, 0.15) is 11.6 Å². The van der Waals surface area contributed by atoms with Gasteiger partial charge in [-0.1, -0.05) is 13.0 Å². The van der Waals surface area contributed by atoms with Gasteiger partial charge in [-0.2, -0.15) is 0 Å². The Morgan fingerprint density at radius 1 is 1.26 bits per heavy atom. The summed E-state index contributed by atoms with van der Waals surface area (Å²) in [7, 11) is 1.63. The summed E-state index contributed by atoms with van der Waals surface area (Å²) in [5.41, 5.74) is 3.59. The molecule has 0 radical (unpaired) electrons. The monoisotopic (exact) mass is 258 g/mol. The van der Waals surface area contributed by atoms with Crippen molar-refractivity contribution in [1.82, 2.24) is 9.97 Å². The van der Waals surface area contributed by atoms with Crippen LogP contribution >= 0.6 is 0 Å². The maximum Gasteiger partial charge on any atom is 0.251 e. The Bertz CT molecular complexity index is 660. The van der Waals surface area contributed by atoms with Crippen LogP contribution in [0, 0.1) is 13.8 Å². The predicted molar refractivity (Wildman–Crippen MR) is 75.7 cm³/mol. The van der Waals surface area contributed by atoms with Gasteiger partial charge in [0.25, 0.3) is 5.56 Å². The topological polar surface area (TPSA) is 55.0 Å². The first-order valence-electron chi connectivity index (χ1n) is 6.31. The van der Waals surface area contributed by atoms with Gasteiger partial charge in [0, 0.05) is 18.1 Å². The van der Waals surface area contributed by atoms with Crippen molar-refractivity contribution >= 4 is 0 Å². The molecule has 1 aromatic carbocycles. The van der Waals surface area contributed by atoms with Gasteiger partial charge < -0.3 is 9.72 Å². The van der Waals surface area contributed by atoms with Crippen molar-refractivity contribution in [3.8, 4) is 17.0 Å². The molecule has 0 saturated heterocycles. The lowest BCUT2D eigenvalue weighted by Gasteiger charge is -2.13. The van der Waals surface area contributed by atoms with Crippen LogP contribution in [-0.4, -0.2) is 17.1 Å². The summed E-state index contributed by atoms with van der Waals surface area (Å²) in [6, 6.07) is 5.53. The minimum Gasteiger partial charge on any atom is -0.496 e. The Labute approximate surface area is 112 Å². The van der Waals surface area contributed by atoms with Crippen molar-refractivity contribution in [2.45, 2.75) is 27.2 Å². The van der Waals surface area contributed by atoms with E-state index in [2.05, 4.69) is 16.0 Å². The minimum absolute atomic E-state index is 0.135. The van der Waals surface area contributed by atoms with E-state index >= 15 is 0 Å². The van der Waals surface area contributed by atoms with Crippen LogP contribution in [0.2, 0.25) is 0 Å².